The van der Waals surface area contributed by atoms with Crippen molar-refractivity contribution in [1.29, 1.82) is 0 Å². The van der Waals surface area contributed by atoms with Crippen molar-refractivity contribution >= 4 is 33.2 Å². The van der Waals surface area contributed by atoms with Gasteiger partial charge in [0, 0.05) is 4.47 Å². The van der Waals surface area contributed by atoms with Crippen LogP contribution in [-0.2, 0) is 11.3 Å². The van der Waals surface area contributed by atoms with Crippen molar-refractivity contribution in [3.05, 3.63) is 57.0 Å². The highest BCUT2D eigenvalue weighted by Crippen LogP contribution is 2.26. The molecule has 0 amide bonds. The molecule has 0 bridgehead atoms. The topological polar surface area (TPSA) is 65.2 Å². The van der Waals surface area contributed by atoms with Gasteiger partial charge in [-0.2, -0.15) is 0 Å². The summed E-state index contributed by atoms with van der Waals surface area (Å²) in [4.78, 5) is 12.2. The molecular weight excluding hydrogens is 356 g/mol. The third-order valence-corrected chi connectivity index (χ3v) is 4.16. The Morgan fingerprint density at radius 1 is 1.24 bits per heavy atom. The van der Waals surface area contributed by atoms with Gasteiger partial charge in [-0.1, -0.05) is 18.2 Å². The highest BCUT2D eigenvalue weighted by atomic mass is 79.9. The largest absolute Gasteiger partial charge is 0.451 e. The normalized spacial score (nSPS) is 10.5. The van der Waals surface area contributed by atoms with Gasteiger partial charge in [0.2, 0.25) is 5.89 Å². The monoisotopic (exact) mass is 364 g/mol. The molecule has 0 fully saturated rings. The van der Waals surface area contributed by atoms with E-state index in [0.29, 0.717) is 10.8 Å². The van der Waals surface area contributed by atoms with Gasteiger partial charge in [0.05, 0.1) is 5.56 Å². The summed E-state index contributed by atoms with van der Waals surface area (Å²) in [6, 6.07) is 11.0. The Morgan fingerprint density at radius 3 is 2.86 bits per heavy atom. The van der Waals surface area contributed by atoms with E-state index in [4.69, 9.17) is 9.15 Å². The molecule has 2 heterocycles. The van der Waals surface area contributed by atoms with Crippen molar-refractivity contribution in [2.75, 3.05) is 0 Å². The Hall–Kier alpha value is -1.99. The van der Waals surface area contributed by atoms with E-state index in [1.54, 1.807) is 12.1 Å². The van der Waals surface area contributed by atoms with Crippen molar-refractivity contribution in [1.82, 2.24) is 10.2 Å². The molecule has 1 aromatic carbocycles. The van der Waals surface area contributed by atoms with Crippen molar-refractivity contribution in [2.45, 2.75) is 6.61 Å². The predicted octanol–water partition coefficient (Wildman–Crippen LogP) is 3.92. The third kappa shape index (κ3) is 3.20. The van der Waals surface area contributed by atoms with Gasteiger partial charge < -0.3 is 9.15 Å². The molecule has 0 aliphatic carbocycles. The van der Waals surface area contributed by atoms with E-state index in [0.717, 1.165) is 10.0 Å². The van der Waals surface area contributed by atoms with Gasteiger partial charge in [0.15, 0.2) is 6.61 Å². The molecule has 106 valence electrons. The standard InChI is InChI=1S/C14H9BrN2O3S/c15-10-5-2-1-4-9(10)13-17-16-12(20-13)8-19-14(18)11-6-3-7-21-11/h1-7H,8H2. The first-order valence-corrected chi connectivity index (χ1v) is 7.69. The lowest BCUT2D eigenvalue weighted by molar-refractivity contribution is 0.0444. The molecule has 0 aliphatic rings. The summed E-state index contributed by atoms with van der Waals surface area (Å²) in [5.74, 6) is 0.237. The predicted molar refractivity (Wildman–Crippen MR) is 80.9 cm³/mol. The summed E-state index contributed by atoms with van der Waals surface area (Å²) in [7, 11) is 0. The van der Waals surface area contributed by atoms with Crippen LogP contribution in [0, 0.1) is 0 Å². The average molecular weight is 365 g/mol. The molecule has 0 saturated heterocycles. The smallest absolute Gasteiger partial charge is 0.348 e. The van der Waals surface area contributed by atoms with Crippen molar-refractivity contribution in [3.63, 3.8) is 0 Å². The van der Waals surface area contributed by atoms with Crippen molar-refractivity contribution < 1.29 is 13.9 Å². The Balaban J connectivity index is 1.69. The van der Waals surface area contributed by atoms with E-state index in [1.165, 1.54) is 11.3 Å². The number of rotatable bonds is 4. The Morgan fingerprint density at radius 2 is 2.10 bits per heavy atom. The van der Waals surface area contributed by atoms with Crippen molar-refractivity contribution in [2.24, 2.45) is 0 Å². The Bertz CT molecular complexity index is 755. The van der Waals surface area contributed by atoms with Crippen LogP contribution in [0.25, 0.3) is 11.5 Å². The van der Waals surface area contributed by atoms with Crippen LogP contribution in [0.1, 0.15) is 15.6 Å². The number of carbonyl (C=O) groups excluding carboxylic acids is 1. The molecule has 0 radical (unpaired) electrons. The van der Waals surface area contributed by atoms with Gasteiger partial charge in [-0.15, -0.1) is 21.5 Å². The lowest BCUT2D eigenvalue weighted by atomic mass is 10.2. The van der Waals surface area contributed by atoms with Crippen LogP contribution in [0.5, 0.6) is 0 Å². The van der Waals surface area contributed by atoms with Crippen LogP contribution >= 0.6 is 27.3 Å². The van der Waals surface area contributed by atoms with Gasteiger partial charge in [0.25, 0.3) is 5.89 Å². The van der Waals surface area contributed by atoms with Crippen LogP contribution < -0.4 is 0 Å². The lowest BCUT2D eigenvalue weighted by Crippen LogP contribution is -2.03. The zero-order chi connectivity index (χ0) is 14.7. The number of esters is 1. The summed E-state index contributed by atoms with van der Waals surface area (Å²) in [5.41, 5.74) is 0.792. The summed E-state index contributed by atoms with van der Waals surface area (Å²) in [6.07, 6.45) is 0. The number of hydrogen-bond acceptors (Lipinski definition) is 6. The number of carbonyl (C=O) groups is 1. The number of halogens is 1. The molecule has 0 atom stereocenters. The highest BCUT2D eigenvalue weighted by Gasteiger charge is 2.14. The quantitative estimate of drug-likeness (QED) is 0.656. The fraction of sp³-hybridized carbons (Fsp3) is 0.0714. The second-order valence-electron chi connectivity index (χ2n) is 4.03. The van der Waals surface area contributed by atoms with Crippen molar-refractivity contribution in [3.8, 4) is 11.5 Å². The van der Waals surface area contributed by atoms with Gasteiger partial charge in [-0.05, 0) is 39.5 Å². The molecule has 7 heteroatoms. The average Bonchev–Trinajstić information content (AvgIpc) is 3.17. The number of ether oxygens (including phenoxy) is 1. The fourth-order valence-corrected chi connectivity index (χ4v) is 2.72. The van der Waals surface area contributed by atoms with Crippen LogP contribution in [0.2, 0.25) is 0 Å². The van der Waals surface area contributed by atoms with Crippen LogP contribution in [-0.4, -0.2) is 16.2 Å². The number of benzene rings is 1. The summed E-state index contributed by atoms with van der Waals surface area (Å²) in [6.45, 7) is -0.0474. The lowest BCUT2D eigenvalue weighted by Gasteiger charge is -1.99. The molecule has 2 aromatic heterocycles. The van der Waals surface area contributed by atoms with Gasteiger partial charge in [0.1, 0.15) is 4.88 Å². The highest BCUT2D eigenvalue weighted by molar-refractivity contribution is 9.10. The molecule has 0 spiro atoms. The Labute approximate surface area is 132 Å². The number of nitrogens with zero attached hydrogens (tertiary/aromatic N) is 2. The van der Waals surface area contributed by atoms with E-state index < -0.39 is 5.97 Å². The molecule has 3 aromatic rings. The summed E-state index contributed by atoms with van der Waals surface area (Å²) >= 11 is 4.74. The summed E-state index contributed by atoms with van der Waals surface area (Å²) in [5, 5.41) is 9.64. The SMILES string of the molecule is O=C(OCc1nnc(-c2ccccc2Br)o1)c1cccs1. The van der Waals surface area contributed by atoms with Crippen LogP contribution in [0.3, 0.4) is 0 Å². The minimum absolute atomic E-state index is 0.0474. The molecule has 0 unspecified atom stereocenters. The van der Waals surface area contributed by atoms with Crippen LogP contribution in [0.15, 0.2) is 50.7 Å². The zero-order valence-electron chi connectivity index (χ0n) is 10.7. The fourth-order valence-electron chi connectivity index (χ4n) is 1.65. The molecule has 0 saturated carbocycles. The molecule has 0 N–H and O–H groups in total. The van der Waals surface area contributed by atoms with E-state index in [2.05, 4.69) is 26.1 Å². The maximum Gasteiger partial charge on any atom is 0.348 e. The molecule has 3 rings (SSSR count). The zero-order valence-corrected chi connectivity index (χ0v) is 13.1. The third-order valence-electron chi connectivity index (χ3n) is 2.62. The van der Waals surface area contributed by atoms with E-state index in [1.807, 2.05) is 29.6 Å². The molecule has 0 aliphatic heterocycles. The molecule has 21 heavy (non-hydrogen) atoms. The first-order valence-electron chi connectivity index (χ1n) is 6.02. The first-order chi connectivity index (χ1) is 10.2. The van der Waals surface area contributed by atoms with Gasteiger partial charge in [-0.3, -0.25) is 0 Å². The molecule has 5 nitrogen and oxygen atoms in total. The number of hydrogen-bond donors (Lipinski definition) is 0. The summed E-state index contributed by atoms with van der Waals surface area (Å²) < 4.78 is 11.5. The second-order valence-corrected chi connectivity index (χ2v) is 5.84. The Kier molecular flexibility index (Phi) is 4.12. The second kappa shape index (κ2) is 6.19. The van der Waals surface area contributed by atoms with E-state index in [-0.39, 0.29) is 12.5 Å². The minimum Gasteiger partial charge on any atom is -0.451 e. The van der Waals surface area contributed by atoms with Gasteiger partial charge >= 0.3 is 5.97 Å². The van der Waals surface area contributed by atoms with E-state index in [9.17, 15) is 4.79 Å². The maximum absolute atomic E-state index is 11.7. The first kappa shape index (κ1) is 14.0. The molecular formula is C14H9BrN2O3S. The number of aromatic nitrogens is 2. The van der Waals surface area contributed by atoms with Crippen LogP contribution in [0.4, 0.5) is 0 Å². The number of thiophene rings is 1. The van der Waals surface area contributed by atoms with E-state index >= 15 is 0 Å². The minimum atomic E-state index is -0.398. The maximum atomic E-state index is 11.7. The van der Waals surface area contributed by atoms with Gasteiger partial charge in [-0.25, -0.2) is 4.79 Å².